The predicted molar refractivity (Wildman–Crippen MR) is 71.9 cm³/mol. The fourth-order valence-corrected chi connectivity index (χ4v) is 2.70. The van der Waals surface area contributed by atoms with Crippen LogP contribution in [0.15, 0.2) is 0 Å². The number of amides is 1. The molecule has 0 aromatic rings. The maximum atomic E-state index is 12.0. The van der Waals surface area contributed by atoms with Crippen LogP contribution in [0.1, 0.15) is 46.0 Å². The van der Waals surface area contributed by atoms with Crippen molar-refractivity contribution < 1.29 is 19.4 Å². The Bertz CT molecular complexity index is 315. The quantitative estimate of drug-likeness (QED) is 0.718. The molecule has 0 radical (unpaired) electrons. The summed E-state index contributed by atoms with van der Waals surface area (Å²) < 4.78 is 5.25. The van der Waals surface area contributed by atoms with Crippen molar-refractivity contribution in [2.24, 2.45) is 5.41 Å². The molecule has 0 bridgehead atoms. The van der Waals surface area contributed by atoms with E-state index in [4.69, 9.17) is 4.74 Å². The number of carboxylic acid groups (broad SMARTS) is 1. The van der Waals surface area contributed by atoms with Crippen molar-refractivity contribution in [3.8, 4) is 0 Å². The number of hydrogen-bond donors (Lipinski definition) is 1. The second-order valence-electron chi connectivity index (χ2n) is 5.31. The number of aliphatic carboxylic acids is 1. The van der Waals surface area contributed by atoms with E-state index in [-0.39, 0.29) is 12.5 Å². The summed E-state index contributed by atoms with van der Waals surface area (Å²) in [5, 5.41) is 9.46. The molecule has 1 N–H and O–H groups in total. The van der Waals surface area contributed by atoms with Crippen LogP contribution in [0, 0.1) is 5.41 Å². The first-order chi connectivity index (χ1) is 9.05. The van der Waals surface area contributed by atoms with Gasteiger partial charge in [0.25, 0.3) is 0 Å². The van der Waals surface area contributed by atoms with Gasteiger partial charge in [-0.15, -0.1) is 0 Å². The van der Waals surface area contributed by atoms with Crippen LogP contribution in [0.5, 0.6) is 0 Å². The zero-order valence-electron chi connectivity index (χ0n) is 12.0. The molecule has 0 aromatic heterocycles. The van der Waals surface area contributed by atoms with E-state index in [1.165, 1.54) is 0 Å². The topological polar surface area (TPSA) is 66.8 Å². The zero-order valence-corrected chi connectivity index (χ0v) is 12.0. The molecule has 0 aliphatic carbocycles. The van der Waals surface area contributed by atoms with Gasteiger partial charge in [0.05, 0.1) is 5.41 Å². The first kappa shape index (κ1) is 16.0. The largest absolute Gasteiger partial charge is 0.481 e. The van der Waals surface area contributed by atoms with Gasteiger partial charge < -0.3 is 14.7 Å². The minimum atomic E-state index is -0.777. The molecule has 19 heavy (non-hydrogen) atoms. The highest BCUT2D eigenvalue weighted by Gasteiger charge is 2.42. The van der Waals surface area contributed by atoms with E-state index in [9.17, 15) is 14.7 Å². The van der Waals surface area contributed by atoms with Crippen LogP contribution in [-0.2, 0) is 14.3 Å². The molecule has 110 valence electrons. The molecule has 1 fully saturated rings. The molecule has 1 rings (SSSR count). The summed E-state index contributed by atoms with van der Waals surface area (Å²) in [4.78, 5) is 25.2. The van der Waals surface area contributed by atoms with Gasteiger partial charge in [0, 0.05) is 19.7 Å². The van der Waals surface area contributed by atoms with Crippen LogP contribution >= 0.6 is 0 Å². The van der Waals surface area contributed by atoms with E-state index in [2.05, 4.69) is 0 Å². The smallest absolute Gasteiger partial charge is 0.311 e. The fourth-order valence-electron chi connectivity index (χ4n) is 2.70. The average Bonchev–Trinajstić information content (AvgIpc) is 2.39. The highest BCUT2D eigenvalue weighted by molar-refractivity contribution is 5.80. The Labute approximate surface area is 114 Å². The number of carbonyl (C=O) groups excluding carboxylic acids is 1. The number of carboxylic acids is 1. The molecule has 1 aliphatic heterocycles. The van der Waals surface area contributed by atoms with Crippen molar-refractivity contribution in [3.63, 3.8) is 0 Å². The third-order valence-corrected chi connectivity index (χ3v) is 3.69. The van der Waals surface area contributed by atoms with E-state index < -0.39 is 11.4 Å². The van der Waals surface area contributed by atoms with Crippen LogP contribution in [0.4, 0.5) is 0 Å². The molecule has 5 heteroatoms. The van der Waals surface area contributed by atoms with Gasteiger partial charge in [-0.25, -0.2) is 0 Å². The summed E-state index contributed by atoms with van der Waals surface area (Å²) in [5.74, 6) is -0.865. The first-order valence-corrected chi connectivity index (χ1v) is 7.14. The molecule has 0 spiro atoms. The molecule has 5 nitrogen and oxygen atoms in total. The summed E-state index contributed by atoms with van der Waals surface area (Å²) in [5.41, 5.74) is -0.757. The minimum absolute atomic E-state index is 0.0651. The summed E-state index contributed by atoms with van der Waals surface area (Å²) in [6, 6.07) is 0. The highest BCUT2D eigenvalue weighted by atomic mass is 16.5. The third kappa shape index (κ3) is 4.20. The van der Waals surface area contributed by atoms with E-state index in [1.54, 1.807) is 4.90 Å². The molecule has 1 unspecified atom stereocenters. The lowest BCUT2D eigenvalue weighted by Gasteiger charge is -2.39. The lowest BCUT2D eigenvalue weighted by Crippen LogP contribution is -2.50. The molecule has 1 heterocycles. The van der Waals surface area contributed by atoms with E-state index >= 15 is 0 Å². The van der Waals surface area contributed by atoms with Gasteiger partial charge >= 0.3 is 5.97 Å². The van der Waals surface area contributed by atoms with Crippen molar-refractivity contribution in [1.29, 1.82) is 0 Å². The Morgan fingerprint density at radius 1 is 1.32 bits per heavy atom. The van der Waals surface area contributed by atoms with Crippen molar-refractivity contribution in [2.45, 2.75) is 46.0 Å². The van der Waals surface area contributed by atoms with Gasteiger partial charge in [-0.3, -0.25) is 9.59 Å². The predicted octanol–water partition coefficient (Wildman–Crippen LogP) is 1.91. The molecule has 0 saturated carbocycles. The molecule has 1 atom stereocenters. The van der Waals surface area contributed by atoms with Gasteiger partial charge in [-0.1, -0.05) is 20.3 Å². The number of rotatable bonds is 7. The lowest BCUT2D eigenvalue weighted by atomic mass is 9.76. The van der Waals surface area contributed by atoms with Gasteiger partial charge in [0.15, 0.2) is 0 Å². The number of carbonyl (C=O) groups is 2. The van der Waals surface area contributed by atoms with Crippen LogP contribution in [0.25, 0.3) is 0 Å². The number of likely N-dealkylation sites (tertiary alicyclic amines) is 1. The first-order valence-electron chi connectivity index (χ1n) is 7.14. The number of hydrogen-bond acceptors (Lipinski definition) is 3. The summed E-state index contributed by atoms with van der Waals surface area (Å²) in [6.45, 7) is 5.57. The maximum Gasteiger partial charge on any atom is 0.311 e. The van der Waals surface area contributed by atoms with Crippen molar-refractivity contribution >= 4 is 11.9 Å². The maximum absolute atomic E-state index is 12.0. The minimum Gasteiger partial charge on any atom is -0.481 e. The number of nitrogens with zero attached hydrogens (tertiary/aromatic N) is 1. The molecule has 1 amide bonds. The Morgan fingerprint density at radius 3 is 2.63 bits per heavy atom. The number of piperidine rings is 1. The van der Waals surface area contributed by atoms with Crippen LogP contribution in [0.2, 0.25) is 0 Å². The molecule has 0 aromatic carbocycles. The summed E-state index contributed by atoms with van der Waals surface area (Å²) in [6.07, 6.45) is 3.74. The van der Waals surface area contributed by atoms with Crippen molar-refractivity contribution in [2.75, 3.05) is 26.3 Å². The van der Waals surface area contributed by atoms with E-state index in [1.807, 2.05) is 13.8 Å². The fraction of sp³-hybridized carbons (Fsp3) is 0.857. The zero-order chi connectivity index (χ0) is 14.3. The van der Waals surface area contributed by atoms with E-state index in [0.717, 1.165) is 19.3 Å². The average molecular weight is 271 g/mol. The Balaban J connectivity index is 2.61. The monoisotopic (exact) mass is 271 g/mol. The van der Waals surface area contributed by atoms with Crippen molar-refractivity contribution in [1.82, 2.24) is 4.90 Å². The Morgan fingerprint density at radius 2 is 2.05 bits per heavy atom. The SMILES string of the molecule is CCCOCC(=O)N1CCCC(CCC)(C(=O)O)C1. The van der Waals surface area contributed by atoms with Crippen LogP contribution in [-0.4, -0.2) is 48.2 Å². The van der Waals surface area contributed by atoms with Crippen molar-refractivity contribution in [3.05, 3.63) is 0 Å². The third-order valence-electron chi connectivity index (χ3n) is 3.69. The second kappa shape index (κ2) is 7.48. The molecular formula is C14H25NO4. The molecule has 1 saturated heterocycles. The van der Waals surface area contributed by atoms with Crippen LogP contribution in [0.3, 0.4) is 0 Å². The van der Waals surface area contributed by atoms with Crippen LogP contribution < -0.4 is 0 Å². The Hall–Kier alpha value is -1.10. The van der Waals surface area contributed by atoms with Gasteiger partial charge in [0.1, 0.15) is 6.61 Å². The Kier molecular flexibility index (Phi) is 6.28. The van der Waals surface area contributed by atoms with Gasteiger partial charge in [0.2, 0.25) is 5.91 Å². The second-order valence-corrected chi connectivity index (χ2v) is 5.31. The van der Waals surface area contributed by atoms with Gasteiger partial charge in [-0.05, 0) is 25.7 Å². The molecular weight excluding hydrogens is 246 g/mol. The van der Waals surface area contributed by atoms with Gasteiger partial charge in [-0.2, -0.15) is 0 Å². The highest BCUT2D eigenvalue weighted by Crippen LogP contribution is 2.35. The molecule has 1 aliphatic rings. The number of ether oxygens (including phenoxy) is 1. The van der Waals surface area contributed by atoms with E-state index in [0.29, 0.717) is 32.5 Å². The summed E-state index contributed by atoms with van der Waals surface area (Å²) in [7, 11) is 0. The normalized spacial score (nSPS) is 23.4. The lowest BCUT2D eigenvalue weighted by molar-refractivity contribution is -0.156. The summed E-state index contributed by atoms with van der Waals surface area (Å²) >= 11 is 0. The standard InChI is InChI=1S/C14H25NO4/c1-3-6-14(13(17)18)7-5-8-15(11-14)12(16)10-19-9-4-2/h3-11H2,1-2H3,(H,17,18).